The number of likely N-dealkylation sites (N-methyl/N-ethyl adjacent to an activating group) is 1. The van der Waals surface area contributed by atoms with Crippen LogP contribution >= 0.6 is 11.3 Å². The second-order valence-electron chi connectivity index (χ2n) is 3.51. The monoisotopic (exact) mass is 237 g/mol. The first-order chi connectivity index (χ1) is 7.76. The van der Waals surface area contributed by atoms with Gasteiger partial charge in [-0.05, 0) is 24.6 Å². The van der Waals surface area contributed by atoms with Crippen molar-refractivity contribution in [1.29, 1.82) is 0 Å². The van der Waals surface area contributed by atoms with Crippen LogP contribution in [0, 0.1) is 0 Å². The van der Waals surface area contributed by atoms with Gasteiger partial charge >= 0.3 is 0 Å². The number of hydrogen-bond donors (Lipinski definition) is 1. The molecule has 0 spiro atoms. The number of Topliss-reactive ketones (excluding diaryl/α,β-unsaturated/α-hetero) is 1. The average molecular weight is 237 g/mol. The molecule has 0 aliphatic rings. The number of nitrogens with one attached hydrogen (secondary N) is 1. The van der Waals surface area contributed by atoms with Crippen LogP contribution in [0.3, 0.4) is 0 Å². The van der Waals surface area contributed by atoms with E-state index in [2.05, 4.69) is 5.32 Å². The molecule has 4 heteroatoms. The summed E-state index contributed by atoms with van der Waals surface area (Å²) in [6.45, 7) is -0.677. The van der Waals surface area contributed by atoms with Gasteiger partial charge in [-0.1, -0.05) is 18.2 Å². The third kappa shape index (κ3) is 1.99. The first-order valence-electron chi connectivity index (χ1n) is 5.02. The van der Waals surface area contributed by atoms with Crippen molar-refractivity contribution in [3.8, 4) is 0 Å². The third-order valence-electron chi connectivity index (χ3n) is 2.49. The molecule has 2 aromatic rings. The Kier molecular flexibility index (Phi) is 3.31. The number of benzene rings is 1. The summed E-state index contributed by atoms with van der Waals surface area (Å²) in [7, 11) is 1.59. The summed E-state index contributed by atoms with van der Waals surface area (Å²) in [6.07, 6.45) is 0. The van der Waals surface area contributed by atoms with Crippen molar-refractivity contribution in [2.45, 2.75) is 6.04 Å². The predicted octanol–water partition coefficient (Wildman–Crippen LogP) is 2.64. The Morgan fingerprint density at radius 1 is 1.50 bits per heavy atom. The zero-order chi connectivity index (χ0) is 11.5. The molecule has 0 aliphatic carbocycles. The maximum Gasteiger partial charge on any atom is 0.192 e. The fourth-order valence-corrected chi connectivity index (χ4v) is 2.61. The van der Waals surface area contributed by atoms with Gasteiger partial charge in [-0.3, -0.25) is 4.79 Å². The minimum atomic E-state index is -0.729. The van der Waals surface area contributed by atoms with Crippen LogP contribution in [-0.4, -0.2) is 25.5 Å². The van der Waals surface area contributed by atoms with Crippen LogP contribution in [0.2, 0.25) is 0 Å². The molecular formula is C12H12FNOS. The highest BCUT2D eigenvalue weighted by Crippen LogP contribution is 2.26. The highest BCUT2D eigenvalue weighted by atomic mass is 32.1. The molecule has 2 rings (SSSR count). The fourth-order valence-electron chi connectivity index (χ4n) is 1.55. The number of fused-ring (bicyclic) bond motifs is 1. The Hall–Kier alpha value is -1.26. The summed E-state index contributed by atoms with van der Waals surface area (Å²) in [6, 6.07) is 8.86. The Labute approximate surface area is 97.1 Å². The quantitative estimate of drug-likeness (QED) is 0.828. The molecule has 1 N–H and O–H groups in total. The Bertz CT molecular complexity index is 471. The molecule has 2 nitrogen and oxygen atoms in total. The number of carbonyl (C=O) groups excluding carboxylic acids is 1. The van der Waals surface area contributed by atoms with Gasteiger partial charge in [0, 0.05) is 4.70 Å². The molecule has 0 amide bonds. The van der Waals surface area contributed by atoms with Crippen LogP contribution in [0.1, 0.15) is 9.67 Å². The molecule has 0 aliphatic heterocycles. The van der Waals surface area contributed by atoms with Gasteiger partial charge < -0.3 is 5.32 Å². The normalized spacial score (nSPS) is 12.9. The van der Waals surface area contributed by atoms with Crippen molar-refractivity contribution in [1.82, 2.24) is 5.32 Å². The molecule has 16 heavy (non-hydrogen) atoms. The number of halogens is 1. The van der Waals surface area contributed by atoms with Crippen molar-refractivity contribution in [2.24, 2.45) is 0 Å². The summed E-state index contributed by atoms with van der Waals surface area (Å²) in [5.41, 5.74) is 0. The molecule has 0 saturated heterocycles. The van der Waals surface area contributed by atoms with E-state index >= 15 is 0 Å². The molecule has 1 atom stereocenters. The van der Waals surface area contributed by atoms with Gasteiger partial charge in [0.05, 0.1) is 4.88 Å². The lowest BCUT2D eigenvalue weighted by Crippen LogP contribution is -2.35. The van der Waals surface area contributed by atoms with E-state index in [-0.39, 0.29) is 5.78 Å². The maximum atomic E-state index is 12.6. The lowest BCUT2D eigenvalue weighted by Gasteiger charge is -2.08. The summed E-state index contributed by atoms with van der Waals surface area (Å²) in [4.78, 5) is 12.5. The SMILES string of the molecule is CNC(CF)C(=O)c1cc2ccccc2s1. The molecule has 1 unspecified atom stereocenters. The number of alkyl halides is 1. The number of ketones is 1. The van der Waals surface area contributed by atoms with E-state index in [1.165, 1.54) is 11.3 Å². The van der Waals surface area contributed by atoms with Gasteiger partial charge in [-0.2, -0.15) is 0 Å². The smallest absolute Gasteiger partial charge is 0.192 e. The van der Waals surface area contributed by atoms with Crippen LogP contribution < -0.4 is 5.32 Å². The van der Waals surface area contributed by atoms with Gasteiger partial charge in [0.2, 0.25) is 0 Å². The zero-order valence-electron chi connectivity index (χ0n) is 8.87. The summed E-state index contributed by atoms with van der Waals surface area (Å²) in [5.74, 6) is -0.175. The summed E-state index contributed by atoms with van der Waals surface area (Å²) < 4.78 is 13.6. The first-order valence-corrected chi connectivity index (χ1v) is 5.84. The van der Waals surface area contributed by atoms with E-state index in [1.54, 1.807) is 7.05 Å². The number of hydrogen-bond acceptors (Lipinski definition) is 3. The highest BCUT2D eigenvalue weighted by molar-refractivity contribution is 7.20. The van der Waals surface area contributed by atoms with Crippen LogP contribution in [0.25, 0.3) is 10.1 Å². The number of thiophene rings is 1. The van der Waals surface area contributed by atoms with Gasteiger partial charge in [0.1, 0.15) is 12.7 Å². The highest BCUT2D eigenvalue weighted by Gasteiger charge is 2.19. The molecule has 1 aromatic heterocycles. The molecule has 1 heterocycles. The Morgan fingerprint density at radius 3 is 2.88 bits per heavy atom. The van der Waals surface area contributed by atoms with Crippen LogP contribution in [0.15, 0.2) is 30.3 Å². The topological polar surface area (TPSA) is 29.1 Å². The summed E-state index contributed by atoms with van der Waals surface area (Å²) in [5, 5.41) is 3.71. The number of rotatable bonds is 4. The van der Waals surface area contributed by atoms with Crippen LogP contribution in [0.4, 0.5) is 4.39 Å². The van der Waals surface area contributed by atoms with Crippen molar-refractivity contribution in [3.05, 3.63) is 35.2 Å². The Balaban J connectivity index is 2.36. The molecule has 1 aromatic carbocycles. The minimum absolute atomic E-state index is 0.175. The molecule has 0 saturated carbocycles. The van der Waals surface area contributed by atoms with E-state index in [4.69, 9.17) is 0 Å². The van der Waals surface area contributed by atoms with E-state index in [9.17, 15) is 9.18 Å². The fraction of sp³-hybridized carbons (Fsp3) is 0.250. The maximum absolute atomic E-state index is 12.6. The van der Waals surface area contributed by atoms with Gasteiger partial charge in [0.25, 0.3) is 0 Å². The zero-order valence-corrected chi connectivity index (χ0v) is 9.68. The number of carbonyl (C=O) groups is 1. The second kappa shape index (κ2) is 4.72. The van der Waals surface area contributed by atoms with Gasteiger partial charge in [0.15, 0.2) is 5.78 Å². The molecule has 0 bridgehead atoms. The van der Waals surface area contributed by atoms with Crippen molar-refractivity contribution in [2.75, 3.05) is 13.7 Å². The molecule has 84 valence electrons. The van der Waals surface area contributed by atoms with E-state index in [0.717, 1.165) is 10.1 Å². The van der Waals surface area contributed by atoms with E-state index in [0.29, 0.717) is 4.88 Å². The van der Waals surface area contributed by atoms with Crippen LogP contribution in [-0.2, 0) is 0 Å². The minimum Gasteiger partial charge on any atom is -0.308 e. The summed E-state index contributed by atoms with van der Waals surface area (Å²) >= 11 is 1.41. The third-order valence-corrected chi connectivity index (χ3v) is 3.62. The average Bonchev–Trinajstić information content (AvgIpc) is 2.74. The van der Waals surface area contributed by atoms with Crippen molar-refractivity contribution in [3.63, 3.8) is 0 Å². The second-order valence-corrected chi connectivity index (χ2v) is 4.59. The van der Waals surface area contributed by atoms with Crippen molar-refractivity contribution < 1.29 is 9.18 Å². The van der Waals surface area contributed by atoms with Crippen molar-refractivity contribution >= 4 is 27.2 Å². The lowest BCUT2D eigenvalue weighted by molar-refractivity contribution is 0.0937. The lowest BCUT2D eigenvalue weighted by atomic mass is 10.1. The van der Waals surface area contributed by atoms with Gasteiger partial charge in [-0.15, -0.1) is 11.3 Å². The predicted molar refractivity (Wildman–Crippen MR) is 65.0 cm³/mol. The molecule has 0 radical (unpaired) electrons. The standard InChI is InChI=1S/C12H12FNOS/c1-14-9(7-13)12(15)11-6-8-4-2-3-5-10(8)16-11/h2-6,9,14H,7H2,1H3. The van der Waals surface area contributed by atoms with E-state index < -0.39 is 12.7 Å². The molecular weight excluding hydrogens is 225 g/mol. The molecule has 0 fully saturated rings. The van der Waals surface area contributed by atoms with E-state index in [1.807, 2.05) is 30.3 Å². The first kappa shape index (κ1) is 11.2. The van der Waals surface area contributed by atoms with Gasteiger partial charge in [-0.25, -0.2) is 4.39 Å². The van der Waals surface area contributed by atoms with Crippen LogP contribution in [0.5, 0.6) is 0 Å². The largest absolute Gasteiger partial charge is 0.308 e. The Morgan fingerprint density at radius 2 is 2.25 bits per heavy atom.